The number of nitrogens with one attached hydrogen (secondary N) is 1. The van der Waals surface area contributed by atoms with Gasteiger partial charge in [-0.25, -0.2) is 0 Å². The van der Waals surface area contributed by atoms with Gasteiger partial charge in [0, 0.05) is 6.04 Å². The minimum Gasteiger partial charge on any atom is -0.495 e. The van der Waals surface area contributed by atoms with Crippen LogP contribution < -0.4 is 15.8 Å². The lowest BCUT2D eigenvalue weighted by Crippen LogP contribution is -2.44. The van der Waals surface area contributed by atoms with Crippen molar-refractivity contribution in [3.63, 3.8) is 0 Å². The molecule has 1 aliphatic carbocycles. The number of amides is 1. The van der Waals surface area contributed by atoms with Crippen molar-refractivity contribution in [1.29, 1.82) is 0 Å². The van der Waals surface area contributed by atoms with E-state index in [-0.39, 0.29) is 11.9 Å². The molecule has 18 heavy (non-hydrogen) atoms. The molecule has 0 radical (unpaired) electrons. The molecule has 4 nitrogen and oxygen atoms in total. The van der Waals surface area contributed by atoms with Gasteiger partial charge in [-0.1, -0.05) is 12.8 Å². The summed E-state index contributed by atoms with van der Waals surface area (Å²) in [5.41, 5.74) is 5.77. The average molecular weight is 268 g/mol. The molecule has 1 heterocycles. The molecule has 2 unspecified atom stereocenters. The van der Waals surface area contributed by atoms with E-state index in [1.54, 1.807) is 7.11 Å². The van der Waals surface area contributed by atoms with E-state index in [2.05, 4.69) is 5.32 Å². The number of ether oxygens (including phenoxy) is 1. The number of hydrogen-bond donors (Lipinski definition) is 2. The SMILES string of the molecule is COc1ccsc1C(=O)NC1CCCCC1CN. The third-order valence-corrected chi connectivity index (χ3v) is 4.48. The summed E-state index contributed by atoms with van der Waals surface area (Å²) < 4.78 is 5.17. The first-order valence-corrected chi connectivity index (χ1v) is 7.26. The van der Waals surface area contributed by atoms with Crippen LogP contribution in [0.15, 0.2) is 11.4 Å². The van der Waals surface area contributed by atoms with Crippen molar-refractivity contribution in [2.45, 2.75) is 31.7 Å². The topological polar surface area (TPSA) is 64.3 Å². The van der Waals surface area contributed by atoms with Crippen molar-refractivity contribution >= 4 is 17.2 Å². The Morgan fingerprint density at radius 3 is 3.06 bits per heavy atom. The molecular formula is C13H20N2O2S. The minimum atomic E-state index is -0.0350. The van der Waals surface area contributed by atoms with Crippen LogP contribution in [0, 0.1) is 5.92 Å². The molecule has 1 amide bonds. The number of nitrogens with two attached hydrogens (primary N) is 1. The highest BCUT2D eigenvalue weighted by Gasteiger charge is 2.26. The van der Waals surface area contributed by atoms with Crippen LogP contribution in [0.2, 0.25) is 0 Å². The van der Waals surface area contributed by atoms with Crippen LogP contribution in [0.3, 0.4) is 0 Å². The molecule has 0 aliphatic heterocycles. The second kappa shape index (κ2) is 6.20. The summed E-state index contributed by atoms with van der Waals surface area (Å²) in [7, 11) is 1.59. The van der Waals surface area contributed by atoms with Crippen molar-refractivity contribution in [3.8, 4) is 5.75 Å². The molecule has 1 fully saturated rings. The van der Waals surface area contributed by atoms with Crippen molar-refractivity contribution in [1.82, 2.24) is 5.32 Å². The lowest BCUT2D eigenvalue weighted by Gasteiger charge is -2.31. The molecule has 100 valence electrons. The third kappa shape index (κ3) is 2.84. The Balaban J connectivity index is 2.02. The fourth-order valence-electron chi connectivity index (χ4n) is 2.54. The van der Waals surface area contributed by atoms with Crippen molar-refractivity contribution in [2.75, 3.05) is 13.7 Å². The summed E-state index contributed by atoms with van der Waals surface area (Å²) in [5.74, 6) is 1.03. The molecule has 0 spiro atoms. The van der Waals surface area contributed by atoms with Crippen LogP contribution in [0.5, 0.6) is 5.75 Å². The number of rotatable bonds is 4. The molecular weight excluding hydrogens is 248 g/mol. The van der Waals surface area contributed by atoms with Crippen LogP contribution in [0.4, 0.5) is 0 Å². The summed E-state index contributed by atoms with van der Waals surface area (Å²) in [4.78, 5) is 12.8. The Bertz CT molecular complexity index is 405. The van der Waals surface area contributed by atoms with Crippen LogP contribution >= 0.6 is 11.3 Å². The van der Waals surface area contributed by atoms with Crippen molar-refractivity contribution in [2.24, 2.45) is 11.7 Å². The molecule has 5 heteroatoms. The molecule has 1 aromatic rings. The van der Waals surface area contributed by atoms with E-state index in [1.807, 2.05) is 11.4 Å². The number of carbonyl (C=O) groups is 1. The lowest BCUT2D eigenvalue weighted by atomic mass is 9.84. The normalized spacial score (nSPS) is 23.7. The van der Waals surface area contributed by atoms with Crippen molar-refractivity contribution in [3.05, 3.63) is 16.3 Å². The van der Waals surface area contributed by atoms with Gasteiger partial charge in [-0.15, -0.1) is 11.3 Å². The predicted octanol–water partition coefficient (Wildman–Crippen LogP) is 2.00. The summed E-state index contributed by atoms with van der Waals surface area (Å²) in [6.07, 6.45) is 4.53. The van der Waals surface area contributed by atoms with Gasteiger partial charge in [0.2, 0.25) is 0 Å². The average Bonchev–Trinajstić information content (AvgIpc) is 2.87. The monoisotopic (exact) mass is 268 g/mol. The summed E-state index contributed by atoms with van der Waals surface area (Å²) in [6.45, 7) is 0.645. The number of thiophene rings is 1. The summed E-state index contributed by atoms with van der Waals surface area (Å²) in [5, 5.41) is 4.98. The van der Waals surface area contributed by atoms with E-state index >= 15 is 0 Å². The number of carbonyl (C=O) groups excluding carboxylic acids is 1. The Kier molecular flexibility index (Phi) is 4.60. The van der Waals surface area contributed by atoms with E-state index in [1.165, 1.54) is 24.2 Å². The molecule has 3 N–H and O–H groups in total. The standard InChI is InChI=1S/C13H20N2O2S/c1-17-11-6-7-18-12(11)13(16)15-10-5-3-2-4-9(10)8-14/h6-7,9-10H,2-5,8,14H2,1H3,(H,15,16). The first kappa shape index (κ1) is 13.4. The lowest BCUT2D eigenvalue weighted by molar-refractivity contribution is 0.0909. The van der Waals surface area contributed by atoms with Gasteiger partial charge in [0.25, 0.3) is 5.91 Å². The van der Waals surface area contributed by atoms with Gasteiger partial charge in [-0.3, -0.25) is 4.79 Å². The second-order valence-corrected chi connectivity index (χ2v) is 5.59. The number of hydrogen-bond acceptors (Lipinski definition) is 4. The fourth-order valence-corrected chi connectivity index (χ4v) is 3.30. The first-order chi connectivity index (χ1) is 8.76. The summed E-state index contributed by atoms with van der Waals surface area (Å²) in [6, 6.07) is 2.03. The second-order valence-electron chi connectivity index (χ2n) is 4.68. The van der Waals surface area contributed by atoms with Gasteiger partial charge >= 0.3 is 0 Å². The van der Waals surface area contributed by atoms with E-state index in [4.69, 9.17) is 10.5 Å². The predicted molar refractivity (Wildman–Crippen MR) is 73.1 cm³/mol. The van der Waals surface area contributed by atoms with Gasteiger partial charge in [0.15, 0.2) is 0 Å². The maximum Gasteiger partial charge on any atom is 0.265 e. The molecule has 1 aromatic heterocycles. The highest BCUT2D eigenvalue weighted by Crippen LogP contribution is 2.27. The van der Waals surface area contributed by atoms with Gasteiger partial charge in [0.05, 0.1) is 7.11 Å². The van der Waals surface area contributed by atoms with E-state index < -0.39 is 0 Å². The Morgan fingerprint density at radius 2 is 2.33 bits per heavy atom. The van der Waals surface area contributed by atoms with Gasteiger partial charge in [-0.05, 0) is 36.8 Å². The van der Waals surface area contributed by atoms with Gasteiger partial charge in [-0.2, -0.15) is 0 Å². The van der Waals surface area contributed by atoms with E-state index in [0.29, 0.717) is 23.1 Å². The maximum atomic E-state index is 12.2. The maximum absolute atomic E-state index is 12.2. The Hall–Kier alpha value is -1.07. The molecule has 0 saturated heterocycles. The van der Waals surface area contributed by atoms with Crippen molar-refractivity contribution < 1.29 is 9.53 Å². The van der Waals surface area contributed by atoms with Crippen LogP contribution in [-0.4, -0.2) is 25.6 Å². The minimum absolute atomic E-state index is 0.0350. The zero-order chi connectivity index (χ0) is 13.0. The largest absolute Gasteiger partial charge is 0.495 e. The highest BCUT2D eigenvalue weighted by atomic mass is 32.1. The highest BCUT2D eigenvalue weighted by molar-refractivity contribution is 7.12. The molecule has 2 rings (SSSR count). The first-order valence-electron chi connectivity index (χ1n) is 6.38. The zero-order valence-corrected chi connectivity index (χ0v) is 11.5. The van der Waals surface area contributed by atoms with Crippen LogP contribution in [-0.2, 0) is 0 Å². The Morgan fingerprint density at radius 1 is 1.56 bits per heavy atom. The van der Waals surface area contributed by atoms with Gasteiger partial charge < -0.3 is 15.8 Å². The molecule has 1 aliphatic rings. The zero-order valence-electron chi connectivity index (χ0n) is 10.6. The number of methoxy groups -OCH3 is 1. The van der Waals surface area contributed by atoms with Gasteiger partial charge in [0.1, 0.15) is 10.6 Å². The molecule has 2 atom stereocenters. The van der Waals surface area contributed by atoms with E-state index in [9.17, 15) is 4.79 Å². The quantitative estimate of drug-likeness (QED) is 0.878. The summed E-state index contributed by atoms with van der Waals surface area (Å²) >= 11 is 1.41. The smallest absolute Gasteiger partial charge is 0.265 e. The van der Waals surface area contributed by atoms with Crippen LogP contribution in [0.1, 0.15) is 35.4 Å². The molecule has 0 aromatic carbocycles. The fraction of sp³-hybridized carbons (Fsp3) is 0.615. The third-order valence-electron chi connectivity index (χ3n) is 3.58. The molecule has 1 saturated carbocycles. The van der Waals surface area contributed by atoms with Crippen LogP contribution in [0.25, 0.3) is 0 Å². The van der Waals surface area contributed by atoms with E-state index in [0.717, 1.165) is 12.8 Å². The molecule has 0 bridgehead atoms. The Labute approximate surface area is 112 Å².